The largest absolute Gasteiger partial charge is 0.339 e. The van der Waals surface area contributed by atoms with Gasteiger partial charge in [0.2, 0.25) is 11.8 Å². The number of likely N-dealkylation sites (tertiary alicyclic amines) is 1. The second kappa shape index (κ2) is 6.98. The van der Waals surface area contributed by atoms with Crippen molar-refractivity contribution in [3.63, 3.8) is 0 Å². The first-order valence-electron chi connectivity index (χ1n) is 8.34. The monoisotopic (exact) mass is 330 g/mol. The number of aromatic nitrogens is 3. The first-order valence-corrected chi connectivity index (χ1v) is 8.34. The fourth-order valence-corrected chi connectivity index (χ4v) is 2.96. The smallest absolute Gasteiger partial charge is 0.250 e. The number of nitrogens with zero attached hydrogens (tertiary/aromatic N) is 4. The van der Waals surface area contributed by atoms with Crippen LogP contribution in [0, 0.1) is 0 Å². The molecule has 1 aliphatic rings. The van der Waals surface area contributed by atoms with Crippen LogP contribution in [0.3, 0.4) is 0 Å². The van der Waals surface area contributed by atoms with Crippen molar-refractivity contribution in [2.45, 2.75) is 51.6 Å². The van der Waals surface area contributed by atoms with Crippen LogP contribution in [0.15, 0.2) is 33.7 Å². The van der Waals surface area contributed by atoms with Crippen LogP contribution < -0.4 is 5.56 Å². The van der Waals surface area contributed by atoms with Crippen LogP contribution in [0.5, 0.6) is 0 Å². The molecule has 0 N–H and O–H groups in total. The molecule has 3 heterocycles. The number of rotatable bonds is 5. The second-order valence-corrected chi connectivity index (χ2v) is 6.37. The van der Waals surface area contributed by atoms with Gasteiger partial charge < -0.3 is 14.0 Å². The molecule has 7 heteroatoms. The van der Waals surface area contributed by atoms with E-state index in [0.717, 1.165) is 12.8 Å². The van der Waals surface area contributed by atoms with Crippen LogP contribution in [-0.4, -0.2) is 32.1 Å². The molecule has 0 saturated carbocycles. The van der Waals surface area contributed by atoms with Crippen molar-refractivity contribution in [3.05, 3.63) is 46.5 Å². The molecule has 1 aliphatic heterocycles. The molecule has 0 bridgehead atoms. The van der Waals surface area contributed by atoms with E-state index in [1.54, 1.807) is 22.9 Å². The van der Waals surface area contributed by atoms with E-state index in [1.165, 1.54) is 6.07 Å². The van der Waals surface area contributed by atoms with Crippen LogP contribution in [0.4, 0.5) is 0 Å². The molecule has 3 rings (SSSR count). The van der Waals surface area contributed by atoms with Crippen LogP contribution in [0.2, 0.25) is 0 Å². The summed E-state index contributed by atoms with van der Waals surface area (Å²) >= 11 is 0. The summed E-state index contributed by atoms with van der Waals surface area (Å²) in [6.07, 6.45) is 3.75. The van der Waals surface area contributed by atoms with Crippen molar-refractivity contribution < 1.29 is 9.32 Å². The molecule has 7 nitrogen and oxygen atoms in total. The number of amides is 1. The van der Waals surface area contributed by atoms with Gasteiger partial charge in [0, 0.05) is 37.7 Å². The van der Waals surface area contributed by atoms with Crippen molar-refractivity contribution in [3.8, 4) is 0 Å². The van der Waals surface area contributed by atoms with E-state index in [4.69, 9.17) is 4.52 Å². The van der Waals surface area contributed by atoms with Crippen molar-refractivity contribution in [1.82, 2.24) is 19.6 Å². The average molecular weight is 330 g/mol. The van der Waals surface area contributed by atoms with Gasteiger partial charge in [0.1, 0.15) is 0 Å². The van der Waals surface area contributed by atoms with Crippen molar-refractivity contribution >= 4 is 5.91 Å². The Hall–Kier alpha value is -2.44. The Morgan fingerprint density at radius 3 is 2.96 bits per heavy atom. The molecule has 1 saturated heterocycles. The first kappa shape index (κ1) is 16.4. The molecule has 1 atom stereocenters. The number of carbonyl (C=O) groups excluding carboxylic acids is 1. The maximum atomic E-state index is 12.6. The van der Waals surface area contributed by atoms with E-state index in [-0.39, 0.29) is 29.8 Å². The Kier molecular flexibility index (Phi) is 4.78. The Balaban J connectivity index is 1.67. The molecule has 128 valence electrons. The molecule has 2 aromatic rings. The third-order valence-electron chi connectivity index (χ3n) is 4.29. The summed E-state index contributed by atoms with van der Waals surface area (Å²) < 4.78 is 6.82. The van der Waals surface area contributed by atoms with Gasteiger partial charge in [0.15, 0.2) is 5.82 Å². The number of carbonyl (C=O) groups is 1. The third kappa shape index (κ3) is 3.39. The van der Waals surface area contributed by atoms with Crippen LogP contribution in [0.1, 0.15) is 56.8 Å². The molecule has 24 heavy (non-hydrogen) atoms. The molecule has 0 spiro atoms. The highest BCUT2D eigenvalue weighted by atomic mass is 16.5. The lowest BCUT2D eigenvalue weighted by Crippen LogP contribution is -2.32. The van der Waals surface area contributed by atoms with E-state index >= 15 is 0 Å². The minimum absolute atomic E-state index is 0.0177. The Morgan fingerprint density at radius 1 is 1.42 bits per heavy atom. The molecule has 1 amide bonds. The van der Waals surface area contributed by atoms with Gasteiger partial charge in [-0.1, -0.05) is 25.1 Å². The van der Waals surface area contributed by atoms with E-state index in [1.807, 2.05) is 18.7 Å². The van der Waals surface area contributed by atoms with E-state index in [0.29, 0.717) is 24.8 Å². The van der Waals surface area contributed by atoms with Crippen molar-refractivity contribution in [2.75, 3.05) is 6.54 Å². The number of hydrogen-bond acceptors (Lipinski definition) is 5. The number of pyridine rings is 1. The summed E-state index contributed by atoms with van der Waals surface area (Å²) in [5, 5.41) is 4.05. The van der Waals surface area contributed by atoms with Gasteiger partial charge in [-0.05, 0) is 18.9 Å². The van der Waals surface area contributed by atoms with Gasteiger partial charge in [-0.3, -0.25) is 9.59 Å². The minimum atomic E-state index is -0.124. The predicted molar refractivity (Wildman–Crippen MR) is 87.4 cm³/mol. The average Bonchev–Trinajstić information content (AvgIpc) is 3.22. The Bertz CT molecular complexity index is 765. The highest BCUT2D eigenvalue weighted by Gasteiger charge is 2.33. The van der Waals surface area contributed by atoms with Crippen LogP contribution in [0.25, 0.3) is 0 Å². The SMILES string of the molecule is CC(C)c1nc([C@@H]2CCCN2C(=O)CCn2ccccc2=O)no1. The number of hydrogen-bond donors (Lipinski definition) is 0. The van der Waals surface area contributed by atoms with E-state index in [9.17, 15) is 9.59 Å². The topological polar surface area (TPSA) is 81.2 Å². The summed E-state index contributed by atoms with van der Waals surface area (Å²) in [6, 6.07) is 4.86. The van der Waals surface area contributed by atoms with Gasteiger partial charge >= 0.3 is 0 Å². The molecular weight excluding hydrogens is 308 g/mol. The molecule has 0 unspecified atom stereocenters. The molecule has 1 fully saturated rings. The van der Waals surface area contributed by atoms with Crippen LogP contribution in [-0.2, 0) is 11.3 Å². The maximum absolute atomic E-state index is 12.6. The zero-order valence-corrected chi connectivity index (χ0v) is 14.0. The van der Waals surface area contributed by atoms with Crippen molar-refractivity contribution in [1.29, 1.82) is 0 Å². The summed E-state index contributed by atoms with van der Waals surface area (Å²) in [7, 11) is 0. The fourth-order valence-electron chi connectivity index (χ4n) is 2.96. The first-order chi connectivity index (χ1) is 11.6. The maximum Gasteiger partial charge on any atom is 0.250 e. The lowest BCUT2D eigenvalue weighted by Gasteiger charge is -2.22. The molecule has 0 aliphatic carbocycles. The zero-order valence-electron chi connectivity index (χ0n) is 14.0. The summed E-state index contributed by atoms with van der Waals surface area (Å²) in [4.78, 5) is 30.5. The molecule has 2 aromatic heterocycles. The lowest BCUT2D eigenvalue weighted by molar-refractivity contribution is -0.132. The fraction of sp³-hybridized carbons (Fsp3) is 0.529. The second-order valence-electron chi connectivity index (χ2n) is 6.37. The lowest BCUT2D eigenvalue weighted by atomic mass is 10.2. The Labute approximate surface area is 140 Å². The van der Waals surface area contributed by atoms with E-state index in [2.05, 4.69) is 10.1 Å². The highest BCUT2D eigenvalue weighted by molar-refractivity contribution is 5.76. The third-order valence-corrected chi connectivity index (χ3v) is 4.29. The van der Waals surface area contributed by atoms with Crippen LogP contribution >= 0.6 is 0 Å². The summed E-state index contributed by atoms with van der Waals surface area (Å²) in [6.45, 7) is 5.06. The molecular formula is C17H22N4O3. The summed E-state index contributed by atoms with van der Waals surface area (Å²) in [5.41, 5.74) is -0.0944. The van der Waals surface area contributed by atoms with Crippen molar-refractivity contribution in [2.24, 2.45) is 0 Å². The van der Waals surface area contributed by atoms with Gasteiger partial charge in [0.25, 0.3) is 5.56 Å². The quantitative estimate of drug-likeness (QED) is 0.838. The minimum Gasteiger partial charge on any atom is -0.339 e. The van der Waals surface area contributed by atoms with E-state index < -0.39 is 0 Å². The summed E-state index contributed by atoms with van der Waals surface area (Å²) in [5.74, 6) is 1.37. The van der Waals surface area contributed by atoms with Gasteiger partial charge in [0.05, 0.1) is 6.04 Å². The normalized spacial score (nSPS) is 17.6. The standard InChI is InChI=1S/C17H22N4O3/c1-12(2)17-18-16(19-24-17)13-6-5-10-21(13)15(23)8-11-20-9-4-3-7-14(20)22/h3-4,7,9,12-13H,5-6,8,10-11H2,1-2H3/t13-/m0/s1. The Morgan fingerprint density at radius 2 is 2.25 bits per heavy atom. The number of aryl methyl sites for hydroxylation is 1. The molecule has 0 aromatic carbocycles. The van der Waals surface area contributed by atoms with Gasteiger partial charge in [-0.15, -0.1) is 0 Å². The van der Waals surface area contributed by atoms with Gasteiger partial charge in [-0.2, -0.15) is 4.98 Å². The van der Waals surface area contributed by atoms with Gasteiger partial charge in [-0.25, -0.2) is 0 Å². The zero-order chi connectivity index (χ0) is 17.1. The molecule has 0 radical (unpaired) electrons. The highest BCUT2D eigenvalue weighted by Crippen LogP contribution is 2.31. The predicted octanol–water partition coefficient (Wildman–Crippen LogP) is 2.11.